The van der Waals surface area contributed by atoms with E-state index in [1.54, 1.807) is 13.0 Å². The Balaban J connectivity index is 2.78. The maximum Gasteiger partial charge on any atom is 0.204 e. The Morgan fingerprint density at radius 2 is 1.62 bits per heavy atom. The summed E-state index contributed by atoms with van der Waals surface area (Å²) in [5.41, 5.74) is 0.905. The highest BCUT2D eigenvalue weighted by Crippen LogP contribution is 2.44. The highest BCUT2D eigenvalue weighted by Gasteiger charge is 2.28. The van der Waals surface area contributed by atoms with Crippen molar-refractivity contribution in [2.24, 2.45) is 0 Å². The predicted molar refractivity (Wildman–Crippen MR) is 93.5 cm³/mol. The van der Waals surface area contributed by atoms with Gasteiger partial charge in [0.05, 0.1) is 42.5 Å². The van der Waals surface area contributed by atoms with Crippen LogP contribution in [-0.2, 0) is 0 Å². The maximum absolute atomic E-state index is 13.1. The van der Waals surface area contributed by atoms with Crippen molar-refractivity contribution in [3.05, 3.63) is 44.2 Å². The van der Waals surface area contributed by atoms with E-state index < -0.39 is 5.78 Å². The topological polar surface area (TPSA) is 57.7 Å². The van der Waals surface area contributed by atoms with Crippen molar-refractivity contribution in [3.8, 4) is 17.2 Å². The van der Waals surface area contributed by atoms with Gasteiger partial charge in [-0.1, -0.05) is 34.8 Å². The Morgan fingerprint density at radius 1 is 1.00 bits per heavy atom. The molecular weight excluding hydrogens is 377 g/mol. The van der Waals surface area contributed by atoms with Gasteiger partial charge in [0.25, 0.3) is 0 Å². The number of carbonyl (C=O) groups is 1. The molecule has 0 fully saturated rings. The van der Waals surface area contributed by atoms with Crippen molar-refractivity contribution in [3.63, 3.8) is 0 Å². The summed E-state index contributed by atoms with van der Waals surface area (Å²) in [6.45, 7) is 1.74. The van der Waals surface area contributed by atoms with Gasteiger partial charge in [-0.25, -0.2) is 4.98 Å². The standard InChI is InChI=1S/C16H14Cl3NO4/c1-7-5-9(22-2)14(23-3)15(24-4)10(7)13(21)11-8(17)6-20-16(19)12(11)18/h5-6H,1-4H3. The maximum atomic E-state index is 13.1. The second kappa shape index (κ2) is 7.47. The zero-order valence-corrected chi connectivity index (χ0v) is 15.6. The van der Waals surface area contributed by atoms with Crippen molar-refractivity contribution in [2.45, 2.75) is 6.92 Å². The first-order chi connectivity index (χ1) is 11.4. The van der Waals surface area contributed by atoms with E-state index in [-0.39, 0.29) is 32.1 Å². The molecule has 0 aliphatic heterocycles. The lowest BCUT2D eigenvalue weighted by atomic mass is 9.97. The summed E-state index contributed by atoms with van der Waals surface area (Å²) in [5.74, 6) is 0.499. The fraction of sp³-hybridized carbons (Fsp3) is 0.250. The van der Waals surface area contributed by atoms with Crippen LogP contribution in [0.3, 0.4) is 0 Å². The zero-order chi connectivity index (χ0) is 18.0. The second-order valence-electron chi connectivity index (χ2n) is 4.75. The molecule has 24 heavy (non-hydrogen) atoms. The third kappa shape index (κ3) is 3.11. The van der Waals surface area contributed by atoms with Crippen molar-refractivity contribution in [1.82, 2.24) is 4.98 Å². The summed E-state index contributed by atoms with van der Waals surface area (Å²) < 4.78 is 16.0. The molecule has 1 heterocycles. The summed E-state index contributed by atoms with van der Waals surface area (Å²) >= 11 is 18.1. The number of hydrogen-bond acceptors (Lipinski definition) is 5. The predicted octanol–water partition coefficient (Wildman–Crippen LogP) is 4.61. The van der Waals surface area contributed by atoms with E-state index >= 15 is 0 Å². The molecule has 0 saturated carbocycles. The molecule has 0 unspecified atom stereocenters. The van der Waals surface area contributed by atoms with Gasteiger partial charge in [0, 0.05) is 6.20 Å². The molecule has 8 heteroatoms. The minimum absolute atomic E-state index is 0.0125. The smallest absolute Gasteiger partial charge is 0.204 e. The molecule has 0 aliphatic rings. The molecule has 0 saturated heterocycles. The number of hydrogen-bond donors (Lipinski definition) is 0. The van der Waals surface area contributed by atoms with Gasteiger partial charge in [-0.3, -0.25) is 4.79 Å². The van der Waals surface area contributed by atoms with Crippen LogP contribution < -0.4 is 14.2 Å². The molecule has 0 aliphatic carbocycles. The fourth-order valence-corrected chi connectivity index (χ4v) is 2.99. The average molecular weight is 391 g/mol. The molecule has 5 nitrogen and oxygen atoms in total. The summed E-state index contributed by atoms with van der Waals surface area (Å²) in [6.07, 6.45) is 1.27. The number of carbonyl (C=O) groups excluding carboxylic acids is 1. The number of aryl methyl sites for hydroxylation is 1. The summed E-state index contributed by atoms with van der Waals surface area (Å²) in [6, 6.07) is 1.67. The minimum atomic E-state index is -0.454. The largest absolute Gasteiger partial charge is 0.493 e. The number of ether oxygens (including phenoxy) is 3. The number of ketones is 1. The SMILES string of the molecule is COc1cc(C)c(C(=O)c2c(Cl)cnc(Cl)c2Cl)c(OC)c1OC. The van der Waals surface area contributed by atoms with E-state index in [2.05, 4.69) is 4.98 Å². The third-order valence-electron chi connectivity index (χ3n) is 3.41. The first kappa shape index (κ1) is 18.6. The molecule has 1 aromatic carbocycles. The quantitative estimate of drug-likeness (QED) is 0.551. The Morgan fingerprint density at radius 3 is 2.17 bits per heavy atom. The van der Waals surface area contributed by atoms with Crippen LogP contribution in [-0.4, -0.2) is 32.1 Å². The Kier molecular flexibility index (Phi) is 5.80. The van der Waals surface area contributed by atoms with Crippen LogP contribution in [0.4, 0.5) is 0 Å². The molecule has 0 spiro atoms. The lowest BCUT2D eigenvalue weighted by Gasteiger charge is -2.18. The van der Waals surface area contributed by atoms with Crippen LogP contribution >= 0.6 is 34.8 Å². The third-order valence-corrected chi connectivity index (χ3v) is 4.45. The normalized spacial score (nSPS) is 10.5. The van der Waals surface area contributed by atoms with E-state index in [1.165, 1.54) is 27.5 Å². The van der Waals surface area contributed by atoms with Crippen LogP contribution in [0.5, 0.6) is 17.2 Å². The van der Waals surface area contributed by atoms with Crippen LogP contribution in [0.15, 0.2) is 12.3 Å². The molecule has 0 bridgehead atoms. The lowest BCUT2D eigenvalue weighted by molar-refractivity contribution is 0.103. The average Bonchev–Trinajstić information content (AvgIpc) is 2.56. The minimum Gasteiger partial charge on any atom is -0.493 e. The van der Waals surface area contributed by atoms with Gasteiger partial charge in [0.2, 0.25) is 5.75 Å². The number of pyridine rings is 1. The molecule has 0 atom stereocenters. The van der Waals surface area contributed by atoms with Crippen molar-refractivity contribution in [1.29, 1.82) is 0 Å². The molecule has 2 rings (SSSR count). The van der Waals surface area contributed by atoms with Gasteiger partial charge in [0.15, 0.2) is 17.3 Å². The highest BCUT2D eigenvalue weighted by molar-refractivity contribution is 6.46. The number of aromatic nitrogens is 1. The molecule has 0 N–H and O–H groups in total. The molecule has 0 radical (unpaired) electrons. The first-order valence-electron chi connectivity index (χ1n) is 6.71. The molecule has 0 amide bonds. The lowest BCUT2D eigenvalue weighted by Crippen LogP contribution is -2.10. The van der Waals surface area contributed by atoms with Gasteiger partial charge >= 0.3 is 0 Å². The number of benzene rings is 1. The van der Waals surface area contributed by atoms with Crippen molar-refractivity contribution >= 4 is 40.6 Å². The first-order valence-corrected chi connectivity index (χ1v) is 7.84. The van der Waals surface area contributed by atoms with Crippen LogP contribution in [0, 0.1) is 6.92 Å². The van der Waals surface area contributed by atoms with E-state index in [0.717, 1.165) is 0 Å². The molecule has 2 aromatic rings. The van der Waals surface area contributed by atoms with E-state index in [4.69, 9.17) is 49.0 Å². The second-order valence-corrected chi connectivity index (χ2v) is 5.90. The molecule has 1 aromatic heterocycles. The number of nitrogens with zero attached hydrogens (tertiary/aromatic N) is 1. The summed E-state index contributed by atoms with van der Waals surface area (Å²) in [7, 11) is 4.37. The highest BCUT2D eigenvalue weighted by atomic mass is 35.5. The Hall–Kier alpha value is -1.69. The number of halogens is 3. The molecule has 128 valence electrons. The van der Waals surface area contributed by atoms with Crippen LogP contribution in [0.25, 0.3) is 0 Å². The van der Waals surface area contributed by atoms with E-state index in [0.29, 0.717) is 17.1 Å². The zero-order valence-electron chi connectivity index (χ0n) is 13.4. The summed E-state index contributed by atoms with van der Waals surface area (Å²) in [5, 5.41) is 0.0533. The van der Waals surface area contributed by atoms with E-state index in [1.807, 2.05) is 0 Å². The van der Waals surface area contributed by atoms with Crippen molar-refractivity contribution in [2.75, 3.05) is 21.3 Å². The van der Waals surface area contributed by atoms with Gasteiger partial charge in [0.1, 0.15) is 5.15 Å². The van der Waals surface area contributed by atoms with Crippen LogP contribution in [0.1, 0.15) is 21.5 Å². The Bertz CT molecular complexity index is 809. The van der Waals surface area contributed by atoms with Crippen molar-refractivity contribution < 1.29 is 19.0 Å². The summed E-state index contributed by atoms with van der Waals surface area (Å²) in [4.78, 5) is 16.9. The molecular formula is C16H14Cl3NO4. The number of rotatable bonds is 5. The number of methoxy groups -OCH3 is 3. The van der Waals surface area contributed by atoms with Gasteiger partial charge < -0.3 is 14.2 Å². The van der Waals surface area contributed by atoms with E-state index in [9.17, 15) is 4.79 Å². The van der Waals surface area contributed by atoms with Gasteiger partial charge in [-0.15, -0.1) is 0 Å². The Labute approximate surface area is 154 Å². The van der Waals surface area contributed by atoms with Crippen LogP contribution in [0.2, 0.25) is 15.2 Å². The van der Waals surface area contributed by atoms with Gasteiger partial charge in [-0.05, 0) is 18.6 Å². The monoisotopic (exact) mass is 389 g/mol. The van der Waals surface area contributed by atoms with Gasteiger partial charge in [-0.2, -0.15) is 0 Å². The fourth-order valence-electron chi connectivity index (χ4n) is 2.34.